The summed E-state index contributed by atoms with van der Waals surface area (Å²) in [6.07, 6.45) is 10.1. The molecule has 0 radical (unpaired) electrons. The van der Waals surface area contributed by atoms with Gasteiger partial charge in [-0.05, 0) is 18.8 Å². The Kier molecular flexibility index (Phi) is 6.70. The van der Waals surface area contributed by atoms with E-state index in [4.69, 9.17) is 0 Å². The van der Waals surface area contributed by atoms with Crippen LogP contribution in [0.25, 0.3) is 0 Å². The Bertz CT molecular complexity index is 480. The number of nitrogens with one attached hydrogen (secondary N) is 3. The Hall–Kier alpha value is -1.07. The normalized spacial score (nSPS) is 19.5. The summed E-state index contributed by atoms with van der Waals surface area (Å²) in [5.74, 6) is 0.625. The van der Waals surface area contributed by atoms with E-state index >= 15 is 0 Å². The maximum atomic E-state index is 12.4. The van der Waals surface area contributed by atoms with Gasteiger partial charge in [0.15, 0.2) is 5.69 Å². The van der Waals surface area contributed by atoms with Crippen LogP contribution in [0.5, 0.6) is 0 Å². The van der Waals surface area contributed by atoms with Gasteiger partial charge in [0, 0.05) is 37.3 Å². The van der Waals surface area contributed by atoms with Crippen molar-refractivity contribution in [3.05, 3.63) is 17.0 Å². The van der Waals surface area contributed by atoms with Crippen LogP contribution >= 0.6 is 12.4 Å². The van der Waals surface area contributed by atoms with Crippen LogP contribution < -0.4 is 10.6 Å². The number of carbonyl (C=O) groups excluding carboxylic acids is 1. The standard InChI is InChI=1S/C16H26N4O.ClH/c21-16(15-13-11-17-9-8-14(13)19-20-15)18-10-12-6-4-2-1-3-5-7-12;/h12,17H,1-11H2,(H,18,21)(H,19,20);1H. The maximum Gasteiger partial charge on any atom is 0.272 e. The van der Waals surface area contributed by atoms with Gasteiger partial charge in [-0.2, -0.15) is 5.10 Å². The first kappa shape index (κ1) is 17.3. The zero-order valence-corrected chi connectivity index (χ0v) is 13.9. The van der Waals surface area contributed by atoms with Crippen LogP contribution in [-0.2, 0) is 13.0 Å². The summed E-state index contributed by atoms with van der Waals surface area (Å²) in [5.41, 5.74) is 2.75. The number of amides is 1. The second kappa shape index (κ2) is 8.53. The third-order valence-electron chi connectivity index (χ3n) is 4.80. The molecule has 22 heavy (non-hydrogen) atoms. The highest BCUT2D eigenvalue weighted by Gasteiger charge is 2.22. The van der Waals surface area contributed by atoms with Gasteiger partial charge in [0.25, 0.3) is 5.91 Å². The molecule has 0 bridgehead atoms. The van der Waals surface area contributed by atoms with Crippen molar-refractivity contribution in [1.29, 1.82) is 0 Å². The van der Waals surface area contributed by atoms with Crippen LogP contribution in [-0.4, -0.2) is 29.2 Å². The number of hydrogen-bond acceptors (Lipinski definition) is 3. The lowest BCUT2D eigenvalue weighted by atomic mass is 9.91. The minimum Gasteiger partial charge on any atom is -0.350 e. The van der Waals surface area contributed by atoms with Crippen molar-refractivity contribution in [1.82, 2.24) is 20.8 Å². The van der Waals surface area contributed by atoms with Crippen LogP contribution in [0.3, 0.4) is 0 Å². The van der Waals surface area contributed by atoms with Gasteiger partial charge in [-0.25, -0.2) is 0 Å². The summed E-state index contributed by atoms with van der Waals surface area (Å²) in [4.78, 5) is 12.4. The van der Waals surface area contributed by atoms with Crippen molar-refractivity contribution in [2.75, 3.05) is 13.1 Å². The highest BCUT2D eigenvalue weighted by atomic mass is 35.5. The third kappa shape index (κ3) is 4.23. The molecule has 1 aliphatic carbocycles. The van der Waals surface area contributed by atoms with Crippen molar-refractivity contribution in [3.8, 4) is 0 Å². The summed E-state index contributed by atoms with van der Waals surface area (Å²) in [6.45, 7) is 2.50. The Labute approximate surface area is 138 Å². The second-order valence-corrected chi connectivity index (χ2v) is 6.38. The quantitative estimate of drug-likeness (QED) is 0.799. The zero-order chi connectivity index (χ0) is 14.5. The van der Waals surface area contributed by atoms with E-state index in [2.05, 4.69) is 20.8 Å². The molecule has 1 aromatic heterocycles. The molecule has 1 amide bonds. The van der Waals surface area contributed by atoms with Crippen LogP contribution in [0.4, 0.5) is 0 Å². The number of aromatic amines is 1. The Morgan fingerprint density at radius 2 is 1.91 bits per heavy atom. The predicted molar refractivity (Wildman–Crippen MR) is 89.4 cm³/mol. The number of aromatic nitrogens is 2. The summed E-state index contributed by atoms with van der Waals surface area (Å²) in [5, 5.41) is 13.6. The first-order chi connectivity index (χ1) is 10.3. The smallest absolute Gasteiger partial charge is 0.272 e. The van der Waals surface area contributed by atoms with Gasteiger partial charge in [0.05, 0.1) is 0 Å². The summed E-state index contributed by atoms with van der Waals surface area (Å²) < 4.78 is 0. The van der Waals surface area contributed by atoms with E-state index in [1.54, 1.807) is 0 Å². The number of halogens is 1. The molecule has 0 saturated heterocycles. The summed E-state index contributed by atoms with van der Waals surface area (Å²) >= 11 is 0. The van der Waals surface area contributed by atoms with E-state index < -0.39 is 0 Å². The Morgan fingerprint density at radius 3 is 2.68 bits per heavy atom. The molecule has 3 rings (SSSR count). The monoisotopic (exact) mass is 326 g/mol. The molecule has 0 aromatic carbocycles. The average Bonchev–Trinajstić information content (AvgIpc) is 2.90. The van der Waals surface area contributed by atoms with Crippen molar-refractivity contribution in [2.45, 2.75) is 57.9 Å². The Morgan fingerprint density at radius 1 is 1.18 bits per heavy atom. The predicted octanol–water partition coefficient (Wildman–Crippen LogP) is 2.57. The van der Waals surface area contributed by atoms with Gasteiger partial charge in [0.2, 0.25) is 0 Å². The number of hydrogen-bond donors (Lipinski definition) is 3. The van der Waals surface area contributed by atoms with Gasteiger partial charge < -0.3 is 10.6 Å². The van der Waals surface area contributed by atoms with Crippen molar-refractivity contribution in [2.24, 2.45) is 5.92 Å². The largest absolute Gasteiger partial charge is 0.350 e. The fourth-order valence-electron chi connectivity index (χ4n) is 3.48. The van der Waals surface area contributed by atoms with Gasteiger partial charge in [-0.15, -0.1) is 12.4 Å². The van der Waals surface area contributed by atoms with Crippen LogP contribution in [0, 0.1) is 5.92 Å². The van der Waals surface area contributed by atoms with E-state index in [0.29, 0.717) is 11.6 Å². The second-order valence-electron chi connectivity index (χ2n) is 6.38. The zero-order valence-electron chi connectivity index (χ0n) is 13.1. The lowest BCUT2D eigenvalue weighted by Gasteiger charge is -2.20. The summed E-state index contributed by atoms with van der Waals surface area (Å²) in [7, 11) is 0. The lowest BCUT2D eigenvalue weighted by molar-refractivity contribution is 0.0938. The maximum absolute atomic E-state index is 12.4. The van der Waals surface area contributed by atoms with E-state index in [1.807, 2.05) is 0 Å². The van der Waals surface area contributed by atoms with Crippen molar-refractivity contribution < 1.29 is 4.79 Å². The van der Waals surface area contributed by atoms with E-state index in [1.165, 1.54) is 44.9 Å². The summed E-state index contributed by atoms with van der Waals surface area (Å²) in [6, 6.07) is 0. The molecule has 1 fully saturated rings. The first-order valence-electron chi connectivity index (χ1n) is 8.39. The molecule has 1 aromatic rings. The van der Waals surface area contributed by atoms with Gasteiger partial charge in [-0.3, -0.25) is 9.89 Å². The molecule has 1 saturated carbocycles. The molecule has 6 heteroatoms. The fourth-order valence-corrected chi connectivity index (χ4v) is 3.48. The van der Waals surface area contributed by atoms with Crippen LogP contribution in [0.15, 0.2) is 0 Å². The van der Waals surface area contributed by atoms with Crippen molar-refractivity contribution in [3.63, 3.8) is 0 Å². The fraction of sp³-hybridized carbons (Fsp3) is 0.750. The molecule has 0 atom stereocenters. The first-order valence-corrected chi connectivity index (χ1v) is 8.39. The Balaban J connectivity index is 0.00000176. The number of fused-ring (bicyclic) bond motifs is 1. The molecule has 0 unspecified atom stereocenters. The number of carbonyl (C=O) groups is 1. The lowest BCUT2D eigenvalue weighted by Crippen LogP contribution is -2.32. The average molecular weight is 327 g/mol. The minimum absolute atomic E-state index is 0. The topological polar surface area (TPSA) is 69.8 Å². The molecular formula is C16H27ClN4O. The molecular weight excluding hydrogens is 300 g/mol. The minimum atomic E-state index is -0.0155. The molecule has 5 nitrogen and oxygen atoms in total. The highest BCUT2D eigenvalue weighted by molar-refractivity contribution is 5.94. The van der Waals surface area contributed by atoms with E-state index in [-0.39, 0.29) is 18.3 Å². The third-order valence-corrected chi connectivity index (χ3v) is 4.80. The van der Waals surface area contributed by atoms with Gasteiger partial charge in [-0.1, -0.05) is 32.1 Å². The molecule has 2 aliphatic rings. The van der Waals surface area contributed by atoms with Crippen molar-refractivity contribution >= 4 is 18.3 Å². The van der Waals surface area contributed by atoms with Crippen LogP contribution in [0.2, 0.25) is 0 Å². The number of rotatable bonds is 3. The molecule has 3 N–H and O–H groups in total. The van der Waals surface area contributed by atoms with Crippen LogP contribution in [0.1, 0.15) is 66.7 Å². The molecule has 124 valence electrons. The van der Waals surface area contributed by atoms with E-state index in [9.17, 15) is 4.79 Å². The molecule has 1 aliphatic heterocycles. The SMILES string of the molecule is Cl.O=C(NCC1CCCCCCC1)c1n[nH]c2c1CNCC2. The molecule has 0 spiro atoms. The van der Waals surface area contributed by atoms with Gasteiger partial charge in [0.1, 0.15) is 0 Å². The molecule has 2 heterocycles. The highest BCUT2D eigenvalue weighted by Crippen LogP contribution is 2.22. The number of H-pyrrole nitrogens is 1. The number of nitrogens with zero attached hydrogens (tertiary/aromatic N) is 1. The van der Waals surface area contributed by atoms with E-state index in [0.717, 1.165) is 37.3 Å². The van der Waals surface area contributed by atoms with Gasteiger partial charge >= 0.3 is 0 Å².